The summed E-state index contributed by atoms with van der Waals surface area (Å²) in [5, 5.41) is 2.99. The molecule has 192 valence electrons. The van der Waals surface area contributed by atoms with Crippen LogP contribution in [0.25, 0.3) is 0 Å². The SMILES string of the molecule is CCNC(=O)CCCc1cc(F)ccc1C(C)N(c1cc(F)ccc1F)S(=O)(=O)c1ccc(Cl)cc1. The number of halogens is 4. The van der Waals surface area contributed by atoms with Gasteiger partial charge < -0.3 is 5.32 Å². The first-order valence-corrected chi connectivity index (χ1v) is 13.2. The molecule has 0 spiro atoms. The highest BCUT2D eigenvalue weighted by atomic mass is 35.5. The second-order valence-electron chi connectivity index (χ2n) is 8.18. The molecule has 0 aliphatic rings. The van der Waals surface area contributed by atoms with E-state index in [9.17, 15) is 26.4 Å². The first-order valence-electron chi connectivity index (χ1n) is 11.3. The second-order valence-corrected chi connectivity index (χ2v) is 10.4. The van der Waals surface area contributed by atoms with Crippen molar-refractivity contribution in [1.82, 2.24) is 5.32 Å². The van der Waals surface area contributed by atoms with Crippen LogP contribution in [0.3, 0.4) is 0 Å². The molecule has 0 saturated heterocycles. The third-order valence-corrected chi connectivity index (χ3v) is 7.80. The van der Waals surface area contributed by atoms with Crippen molar-refractivity contribution < 1.29 is 26.4 Å². The summed E-state index contributed by atoms with van der Waals surface area (Å²) in [5.74, 6) is -2.46. The van der Waals surface area contributed by atoms with Gasteiger partial charge in [0.25, 0.3) is 10.0 Å². The number of anilines is 1. The maximum absolute atomic E-state index is 14.9. The van der Waals surface area contributed by atoms with Crippen LogP contribution in [0.2, 0.25) is 5.02 Å². The molecule has 0 radical (unpaired) electrons. The van der Waals surface area contributed by atoms with Crippen molar-refractivity contribution in [1.29, 1.82) is 0 Å². The van der Waals surface area contributed by atoms with Gasteiger partial charge in [0, 0.05) is 24.1 Å². The zero-order valence-corrected chi connectivity index (χ0v) is 21.3. The minimum Gasteiger partial charge on any atom is -0.356 e. The van der Waals surface area contributed by atoms with Gasteiger partial charge in [0.1, 0.15) is 17.5 Å². The van der Waals surface area contributed by atoms with Gasteiger partial charge in [-0.1, -0.05) is 17.7 Å². The lowest BCUT2D eigenvalue weighted by atomic mass is 9.96. The van der Waals surface area contributed by atoms with Crippen LogP contribution in [0.4, 0.5) is 18.9 Å². The molecule has 36 heavy (non-hydrogen) atoms. The van der Waals surface area contributed by atoms with Crippen molar-refractivity contribution in [3.63, 3.8) is 0 Å². The molecular weight excluding hydrogens is 513 g/mol. The fourth-order valence-electron chi connectivity index (χ4n) is 3.97. The predicted molar refractivity (Wildman–Crippen MR) is 134 cm³/mol. The van der Waals surface area contributed by atoms with Gasteiger partial charge in [0.2, 0.25) is 5.91 Å². The average molecular weight is 539 g/mol. The molecule has 0 aliphatic heterocycles. The minimum atomic E-state index is -4.42. The number of rotatable bonds is 10. The summed E-state index contributed by atoms with van der Waals surface area (Å²) in [6.07, 6.45) is 0.853. The minimum absolute atomic E-state index is 0.155. The summed E-state index contributed by atoms with van der Waals surface area (Å²) >= 11 is 5.91. The summed E-state index contributed by atoms with van der Waals surface area (Å²) < 4.78 is 71.5. The summed E-state index contributed by atoms with van der Waals surface area (Å²) in [6, 6.07) is 10.6. The first-order chi connectivity index (χ1) is 17.0. The van der Waals surface area contributed by atoms with E-state index < -0.39 is 39.2 Å². The van der Waals surface area contributed by atoms with Crippen LogP contribution >= 0.6 is 11.6 Å². The summed E-state index contributed by atoms with van der Waals surface area (Å²) in [7, 11) is -4.42. The maximum atomic E-state index is 14.9. The van der Waals surface area contributed by atoms with E-state index in [1.165, 1.54) is 49.4 Å². The molecule has 0 heterocycles. The molecule has 1 N–H and O–H groups in total. The van der Waals surface area contributed by atoms with Gasteiger partial charge in [0.15, 0.2) is 0 Å². The summed E-state index contributed by atoms with van der Waals surface area (Å²) in [6.45, 7) is 3.79. The van der Waals surface area contributed by atoms with E-state index in [-0.39, 0.29) is 23.6 Å². The second kappa shape index (κ2) is 11.8. The lowest BCUT2D eigenvalue weighted by Crippen LogP contribution is -2.35. The Labute approximate surface area is 213 Å². The molecule has 3 aromatic rings. The van der Waals surface area contributed by atoms with Crippen molar-refractivity contribution in [3.8, 4) is 0 Å². The molecule has 1 atom stereocenters. The van der Waals surface area contributed by atoms with Gasteiger partial charge in [-0.3, -0.25) is 9.10 Å². The van der Waals surface area contributed by atoms with E-state index in [1.807, 2.05) is 0 Å². The lowest BCUT2D eigenvalue weighted by Gasteiger charge is -2.32. The monoisotopic (exact) mass is 538 g/mol. The van der Waals surface area contributed by atoms with E-state index in [0.717, 1.165) is 22.5 Å². The highest BCUT2D eigenvalue weighted by molar-refractivity contribution is 7.92. The molecular formula is C26H26ClF3N2O3S. The molecule has 0 aliphatic carbocycles. The van der Waals surface area contributed by atoms with Gasteiger partial charge in [0.05, 0.1) is 16.6 Å². The Bertz CT molecular complexity index is 1330. The Hall–Kier alpha value is -3.04. The molecule has 0 saturated carbocycles. The van der Waals surface area contributed by atoms with E-state index >= 15 is 0 Å². The number of aryl methyl sites for hydroxylation is 1. The van der Waals surface area contributed by atoms with E-state index in [0.29, 0.717) is 29.1 Å². The number of hydrogen-bond acceptors (Lipinski definition) is 3. The number of sulfonamides is 1. The Kier molecular flexibility index (Phi) is 9.03. The van der Waals surface area contributed by atoms with Gasteiger partial charge >= 0.3 is 0 Å². The molecule has 3 aromatic carbocycles. The highest BCUT2D eigenvalue weighted by Crippen LogP contribution is 2.37. The molecule has 1 unspecified atom stereocenters. The molecule has 3 rings (SSSR count). The van der Waals surface area contributed by atoms with Gasteiger partial charge in [-0.2, -0.15) is 0 Å². The van der Waals surface area contributed by atoms with Crippen molar-refractivity contribution in [2.24, 2.45) is 0 Å². The molecule has 1 amide bonds. The Balaban J connectivity index is 2.09. The summed E-state index contributed by atoms with van der Waals surface area (Å²) in [4.78, 5) is 11.7. The number of benzene rings is 3. The highest BCUT2D eigenvalue weighted by Gasteiger charge is 2.33. The van der Waals surface area contributed by atoms with Crippen molar-refractivity contribution in [2.45, 2.75) is 44.0 Å². The largest absolute Gasteiger partial charge is 0.356 e. The zero-order valence-electron chi connectivity index (χ0n) is 19.8. The number of amides is 1. The third kappa shape index (κ3) is 6.39. The van der Waals surface area contributed by atoms with Crippen LogP contribution < -0.4 is 9.62 Å². The van der Waals surface area contributed by atoms with E-state index in [2.05, 4.69) is 5.32 Å². The fraction of sp³-hybridized carbons (Fsp3) is 0.269. The van der Waals surface area contributed by atoms with Crippen molar-refractivity contribution >= 4 is 33.2 Å². The van der Waals surface area contributed by atoms with E-state index in [1.54, 1.807) is 6.92 Å². The van der Waals surface area contributed by atoms with Gasteiger partial charge in [-0.15, -0.1) is 0 Å². The van der Waals surface area contributed by atoms with Crippen LogP contribution in [-0.2, 0) is 21.2 Å². The Morgan fingerprint density at radius 2 is 1.64 bits per heavy atom. The zero-order chi connectivity index (χ0) is 26.5. The fourth-order valence-corrected chi connectivity index (χ4v) is 5.73. The maximum Gasteiger partial charge on any atom is 0.264 e. The first kappa shape index (κ1) is 27.5. The van der Waals surface area contributed by atoms with Gasteiger partial charge in [-0.25, -0.2) is 21.6 Å². The smallest absolute Gasteiger partial charge is 0.264 e. The quantitative estimate of drug-likeness (QED) is 0.335. The van der Waals surface area contributed by atoms with Crippen molar-refractivity contribution in [2.75, 3.05) is 10.8 Å². The molecule has 5 nitrogen and oxygen atoms in total. The third-order valence-electron chi connectivity index (χ3n) is 5.65. The van der Waals surface area contributed by atoms with Crippen LogP contribution in [0.15, 0.2) is 65.6 Å². The molecule has 10 heteroatoms. The Morgan fingerprint density at radius 1 is 1.00 bits per heavy atom. The lowest BCUT2D eigenvalue weighted by molar-refractivity contribution is -0.121. The van der Waals surface area contributed by atoms with Crippen LogP contribution in [0, 0.1) is 17.5 Å². The van der Waals surface area contributed by atoms with Crippen LogP contribution in [0.1, 0.15) is 43.9 Å². The number of carbonyl (C=O) groups excluding carboxylic acids is 1. The number of nitrogens with zero attached hydrogens (tertiary/aromatic N) is 1. The molecule has 0 fully saturated rings. The van der Waals surface area contributed by atoms with E-state index in [4.69, 9.17) is 11.6 Å². The predicted octanol–water partition coefficient (Wildman–Crippen LogP) is 6.17. The summed E-state index contributed by atoms with van der Waals surface area (Å²) in [5.41, 5.74) is 0.364. The molecule has 0 aromatic heterocycles. The molecule has 0 bridgehead atoms. The topological polar surface area (TPSA) is 66.5 Å². The Morgan fingerprint density at radius 3 is 2.31 bits per heavy atom. The van der Waals surface area contributed by atoms with Crippen LogP contribution in [-0.4, -0.2) is 20.9 Å². The van der Waals surface area contributed by atoms with Crippen molar-refractivity contribution in [3.05, 3.63) is 94.3 Å². The standard InChI is InChI=1S/C26H26ClF3N2O3S/c1-3-31-26(33)6-4-5-18-15-20(28)9-13-23(18)17(2)32(25-16-21(29)10-14-24(25)30)36(34,35)22-11-7-19(27)8-12-22/h7-17H,3-6H2,1-2H3,(H,31,33). The average Bonchev–Trinajstić information content (AvgIpc) is 2.82. The number of carbonyl (C=O) groups is 1. The normalized spacial score (nSPS) is 12.3. The van der Waals surface area contributed by atoms with Crippen LogP contribution in [0.5, 0.6) is 0 Å². The number of hydrogen-bond donors (Lipinski definition) is 1. The van der Waals surface area contributed by atoms with Gasteiger partial charge in [-0.05, 0) is 86.3 Å². The number of nitrogens with one attached hydrogen (secondary N) is 1.